The van der Waals surface area contributed by atoms with Crippen molar-refractivity contribution in [1.82, 2.24) is 19.5 Å². The van der Waals surface area contributed by atoms with E-state index in [1.807, 2.05) is 37.3 Å². The van der Waals surface area contributed by atoms with E-state index in [0.717, 1.165) is 12.0 Å². The van der Waals surface area contributed by atoms with E-state index in [9.17, 15) is 4.79 Å². The van der Waals surface area contributed by atoms with E-state index >= 15 is 0 Å². The Balaban J connectivity index is 1.54. The summed E-state index contributed by atoms with van der Waals surface area (Å²) in [5.41, 5.74) is 8.03. The fraction of sp³-hybridized carbons (Fsp3) is 0.400. The lowest BCUT2D eigenvalue weighted by molar-refractivity contribution is -0.154. The van der Waals surface area contributed by atoms with Gasteiger partial charge in [0, 0.05) is 6.42 Å². The first-order valence-corrected chi connectivity index (χ1v) is 10.5. The molecule has 3 aromatic rings. The van der Waals surface area contributed by atoms with Gasteiger partial charge < -0.3 is 15.2 Å². The molecule has 0 spiro atoms. The van der Waals surface area contributed by atoms with Crippen molar-refractivity contribution in [2.24, 2.45) is 0 Å². The number of nitrogens with two attached hydrogens (primary N) is 1. The number of imidazole rings is 1. The molecule has 152 valence electrons. The molecule has 4 atom stereocenters. The zero-order valence-corrected chi connectivity index (χ0v) is 17.5. The van der Waals surface area contributed by atoms with Gasteiger partial charge in [-0.1, -0.05) is 53.2 Å². The van der Waals surface area contributed by atoms with Crippen molar-refractivity contribution in [3.63, 3.8) is 0 Å². The predicted molar refractivity (Wildman–Crippen MR) is 111 cm³/mol. The number of halogens is 1. The lowest BCUT2D eigenvalue weighted by Gasteiger charge is -2.22. The first-order chi connectivity index (χ1) is 14.1. The minimum absolute atomic E-state index is 0.108. The molecule has 0 unspecified atom stereocenters. The number of carbonyl (C=O) groups excluding carboxylic acids is 1. The quantitative estimate of drug-likeness (QED) is 0.445. The molecule has 1 fully saturated rings. The molecule has 1 aliphatic rings. The summed E-state index contributed by atoms with van der Waals surface area (Å²) < 4.78 is 13.8. The van der Waals surface area contributed by atoms with Gasteiger partial charge in [-0.2, -0.15) is 0 Å². The molecule has 0 aliphatic carbocycles. The van der Waals surface area contributed by atoms with Crippen molar-refractivity contribution < 1.29 is 14.3 Å². The van der Waals surface area contributed by atoms with Crippen LogP contribution in [-0.4, -0.2) is 42.5 Å². The van der Waals surface area contributed by atoms with E-state index in [1.54, 1.807) is 10.9 Å². The number of fused-ring (bicyclic) bond motifs is 1. The van der Waals surface area contributed by atoms with Gasteiger partial charge >= 0.3 is 5.97 Å². The third-order valence-corrected chi connectivity index (χ3v) is 6.17. The summed E-state index contributed by atoms with van der Waals surface area (Å²) in [6, 6.07) is 9.86. The van der Waals surface area contributed by atoms with E-state index in [-0.39, 0.29) is 16.9 Å². The molecule has 4 rings (SSSR count). The largest absolute Gasteiger partial charge is 0.456 e. The lowest BCUT2D eigenvalue weighted by atomic mass is 10.1. The summed E-state index contributed by atoms with van der Waals surface area (Å²) in [6.07, 6.45) is 3.50. The minimum atomic E-state index is -0.552. The second-order valence-corrected chi connectivity index (χ2v) is 8.00. The summed E-state index contributed by atoms with van der Waals surface area (Å²) in [6.45, 7) is 2.03. The molecule has 3 heterocycles. The van der Waals surface area contributed by atoms with Crippen molar-refractivity contribution in [3.8, 4) is 0 Å². The number of rotatable bonds is 6. The van der Waals surface area contributed by atoms with Crippen molar-refractivity contribution in [3.05, 3.63) is 48.5 Å². The second-order valence-electron chi connectivity index (χ2n) is 6.94. The number of aryl methyl sites for hydroxylation is 1. The number of nitrogen functional groups attached to an aromatic ring is 1. The molecule has 0 saturated carbocycles. The van der Waals surface area contributed by atoms with Gasteiger partial charge in [-0.05, 0) is 18.4 Å². The number of nitrogens with zero attached hydrogens (tertiary/aromatic N) is 4. The Labute approximate surface area is 176 Å². The minimum Gasteiger partial charge on any atom is -0.456 e. The normalized spacial score (nSPS) is 24.1. The Kier molecular flexibility index (Phi) is 5.77. The molecule has 8 nitrogen and oxygen atoms in total. The van der Waals surface area contributed by atoms with Gasteiger partial charge in [-0.15, -0.1) is 0 Å². The van der Waals surface area contributed by atoms with E-state index in [0.29, 0.717) is 29.8 Å². The maximum Gasteiger partial charge on any atom is 0.306 e. The zero-order valence-electron chi connectivity index (χ0n) is 15.9. The average Bonchev–Trinajstić information content (AvgIpc) is 3.30. The topological polar surface area (TPSA) is 105 Å². The molecule has 2 aromatic heterocycles. The van der Waals surface area contributed by atoms with Gasteiger partial charge in [0.2, 0.25) is 0 Å². The Morgan fingerprint density at radius 3 is 2.83 bits per heavy atom. The molecular weight excluding hydrogens is 438 g/mol. The highest BCUT2D eigenvalue weighted by Crippen LogP contribution is 2.39. The van der Waals surface area contributed by atoms with Crippen LogP contribution in [0.2, 0.25) is 0 Å². The van der Waals surface area contributed by atoms with Gasteiger partial charge in [-0.25, -0.2) is 15.0 Å². The maximum atomic E-state index is 12.6. The van der Waals surface area contributed by atoms with Crippen LogP contribution >= 0.6 is 15.9 Å². The maximum absolute atomic E-state index is 12.6. The van der Waals surface area contributed by atoms with Crippen LogP contribution in [0.1, 0.15) is 31.6 Å². The molecule has 0 amide bonds. The first kappa shape index (κ1) is 19.8. The highest BCUT2D eigenvalue weighted by Gasteiger charge is 2.46. The van der Waals surface area contributed by atoms with E-state index in [2.05, 4.69) is 30.9 Å². The monoisotopic (exact) mass is 459 g/mol. The van der Waals surface area contributed by atoms with Crippen LogP contribution in [0.25, 0.3) is 11.2 Å². The SMILES string of the molecule is CC[C@H]1O[C@@H](n2cnc3c(N)ncnc32)[C@H](OC(=O)CCc2ccccc2)[C@H]1Br. The van der Waals surface area contributed by atoms with Gasteiger partial charge in [0.25, 0.3) is 0 Å². The van der Waals surface area contributed by atoms with Gasteiger partial charge in [0.1, 0.15) is 11.8 Å². The number of benzene rings is 1. The van der Waals surface area contributed by atoms with Crippen molar-refractivity contribution >= 4 is 38.9 Å². The van der Waals surface area contributed by atoms with Crippen molar-refractivity contribution in [2.45, 2.75) is 49.4 Å². The fourth-order valence-electron chi connectivity index (χ4n) is 3.53. The molecule has 29 heavy (non-hydrogen) atoms. The summed E-state index contributed by atoms with van der Waals surface area (Å²) in [4.78, 5) is 25.0. The summed E-state index contributed by atoms with van der Waals surface area (Å²) in [5.74, 6) is 0.0257. The molecule has 1 aromatic carbocycles. The number of carbonyl (C=O) groups is 1. The van der Waals surface area contributed by atoms with E-state index in [4.69, 9.17) is 15.2 Å². The van der Waals surface area contributed by atoms with Crippen LogP contribution in [-0.2, 0) is 20.7 Å². The predicted octanol–water partition coefficient (Wildman–Crippen LogP) is 3.02. The first-order valence-electron chi connectivity index (χ1n) is 9.54. The third kappa shape index (κ3) is 3.97. The average molecular weight is 460 g/mol. The van der Waals surface area contributed by atoms with Gasteiger partial charge in [-0.3, -0.25) is 9.36 Å². The van der Waals surface area contributed by atoms with Gasteiger partial charge in [0.15, 0.2) is 23.8 Å². The van der Waals surface area contributed by atoms with Crippen LogP contribution in [0, 0.1) is 0 Å². The Morgan fingerprint density at radius 2 is 2.07 bits per heavy atom. The molecule has 0 radical (unpaired) electrons. The number of ether oxygens (including phenoxy) is 2. The van der Waals surface area contributed by atoms with Crippen LogP contribution in [0.4, 0.5) is 5.82 Å². The third-order valence-electron chi connectivity index (χ3n) is 5.06. The molecule has 0 bridgehead atoms. The summed E-state index contributed by atoms with van der Waals surface area (Å²) >= 11 is 3.67. The molecular formula is C20H22BrN5O3. The van der Waals surface area contributed by atoms with Crippen molar-refractivity contribution in [1.29, 1.82) is 0 Å². The Bertz CT molecular complexity index is 996. The standard InChI is InChI=1S/C20H22BrN5O3/c1-2-13-15(21)17(29-14(27)9-8-12-6-4-3-5-7-12)20(28-13)26-11-25-16-18(22)23-10-24-19(16)26/h3-7,10-11,13,15,17,20H,2,8-9H2,1H3,(H2,22,23,24)/t13-,15+,17-,20-/m1/s1. The second kappa shape index (κ2) is 8.46. The highest BCUT2D eigenvalue weighted by molar-refractivity contribution is 9.09. The van der Waals surface area contributed by atoms with Crippen LogP contribution in [0.3, 0.4) is 0 Å². The Morgan fingerprint density at radius 1 is 1.28 bits per heavy atom. The van der Waals surface area contributed by atoms with E-state index < -0.39 is 12.3 Å². The molecule has 1 aliphatic heterocycles. The van der Waals surface area contributed by atoms with Crippen LogP contribution in [0.5, 0.6) is 0 Å². The van der Waals surface area contributed by atoms with Crippen LogP contribution in [0.15, 0.2) is 43.0 Å². The summed E-state index contributed by atoms with van der Waals surface area (Å²) in [5, 5.41) is 0. The number of esters is 1. The number of aromatic nitrogens is 4. The number of alkyl halides is 1. The van der Waals surface area contributed by atoms with Crippen LogP contribution < -0.4 is 5.73 Å². The fourth-order valence-corrected chi connectivity index (χ4v) is 4.39. The van der Waals surface area contributed by atoms with E-state index in [1.165, 1.54) is 6.33 Å². The van der Waals surface area contributed by atoms with Gasteiger partial charge in [0.05, 0.1) is 17.3 Å². The number of hydrogen-bond acceptors (Lipinski definition) is 7. The zero-order chi connectivity index (χ0) is 20.4. The number of anilines is 1. The highest BCUT2D eigenvalue weighted by atomic mass is 79.9. The lowest BCUT2D eigenvalue weighted by Crippen LogP contribution is -2.32. The molecule has 1 saturated heterocycles. The summed E-state index contributed by atoms with van der Waals surface area (Å²) in [7, 11) is 0. The molecule has 2 N–H and O–H groups in total. The smallest absolute Gasteiger partial charge is 0.306 e. The molecule has 9 heteroatoms. The number of hydrogen-bond donors (Lipinski definition) is 1. The van der Waals surface area contributed by atoms with Crippen molar-refractivity contribution in [2.75, 3.05) is 5.73 Å². The Hall–Kier alpha value is -2.52.